The molecule has 2 N–H and O–H groups in total. The Morgan fingerprint density at radius 3 is 2.85 bits per heavy atom. The molecule has 0 spiro atoms. The summed E-state index contributed by atoms with van der Waals surface area (Å²) in [5.41, 5.74) is 1.62. The van der Waals surface area contributed by atoms with Crippen molar-refractivity contribution >= 4 is 11.6 Å². The van der Waals surface area contributed by atoms with E-state index in [0.29, 0.717) is 0 Å². The van der Waals surface area contributed by atoms with Crippen LogP contribution in [-0.4, -0.2) is 26.1 Å². The average molecular weight is 276 g/mol. The van der Waals surface area contributed by atoms with Gasteiger partial charge in [0.25, 0.3) is 0 Å². The van der Waals surface area contributed by atoms with Gasteiger partial charge in [0.15, 0.2) is 0 Å². The summed E-state index contributed by atoms with van der Waals surface area (Å²) in [6.45, 7) is 5.81. The van der Waals surface area contributed by atoms with Gasteiger partial charge in [0.2, 0.25) is 5.91 Å². The third-order valence-corrected chi connectivity index (χ3v) is 4.11. The van der Waals surface area contributed by atoms with Gasteiger partial charge in [0.1, 0.15) is 5.75 Å². The highest BCUT2D eigenvalue weighted by atomic mass is 16.5. The zero-order chi connectivity index (χ0) is 14.6. The largest absolute Gasteiger partial charge is 0.496 e. The van der Waals surface area contributed by atoms with E-state index in [-0.39, 0.29) is 11.3 Å². The van der Waals surface area contributed by atoms with Gasteiger partial charge in [-0.3, -0.25) is 4.79 Å². The van der Waals surface area contributed by atoms with Crippen molar-refractivity contribution in [1.82, 2.24) is 5.32 Å². The van der Waals surface area contributed by atoms with Crippen LogP contribution < -0.4 is 15.4 Å². The fourth-order valence-corrected chi connectivity index (χ4v) is 2.96. The van der Waals surface area contributed by atoms with Gasteiger partial charge in [-0.1, -0.05) is 13.3 Å². The van der Waals surface area contributed by atoms with Crippen molar-refractivity contribution in [3.05, 3.63) is 23.8 Å². The van der Waals surface area contributed by atoms with Gasteiger partial charge >= 0.3 is 0 Å². The average Bonchev–Trinajstić information content (AvgIpc) is 2.89. The third-order valence-electron chi connectivity index (χ3n) is 4.11. The first-order valence-electron chi connectivity index (χ1n) is 7.28. The number of methoxy groups -OCH3 is 1. The molecule has 20 heavy (non-hydrogen) atoms. The number of benzene rings is 1. The van der Waals surface area contributed by atoms with Crippen LogP contribution in [0.3, 0.4) is 0 Å². The van der Waals surface area contributed by atoms with E-state index in [2.05, 4.69) is 17.6 Å². The maximum Gasteiger partial charge on any atom is 0.231 e. The number of nitrogens with one attached hydrogen (secondary N) is 2. The molecule has 1 unspecified atom stereocenters. The lowest BCUT2D eigenvalue weighted by molar-refractivity contribution is -0.125. The fraction of sp³-hybridized carbons (Fsp3) is 0.562. The van der Waals surface area contributed by atoms with E-state index in [1.807, 2.05) is 25.1 Å². The van der Waals surface area contributed by atoms with E-state index in [9.17, 15) is 4.79 Å². The monoisotopic (exact) mass is 276 g/mol. The van der Waals surface area contributed by atoms with Crippen LogP contribution in [0.4, 0.5) is 5.69 Å². The first-order chi connectivity index (χ1) is 9.61. The summed E-state index contributed by atoms with van der Waals surface area (Å²) in [6, 6.07) is 5.74. The van der Waals surface area contributed by atoms with Gasteiger partial charge in [-0.15, -0.1) is 0 Å². The van der Waals surface area contributed by atoms with Crippen molar-refractivity contribution in [3.8, 4) is 5.75 Å². The molecule has 1 heterocycles. The Morgan fingerprint density at radius 1 is 1.50 bits per heavy atom. The highest BCUT2D eigenvalue weighted by Crippen LogP contribution is 2.33. The van der Waals surface area contributed by atoms with Crippen LogP contribution in [0.25, 0.3) is 0 Å². The molecule has 1 atom stereocenters. The topological polar surface area (TPSA) is 50.4 Å². The summed E-state index contributed by atoms with van der Waals surface area (Å²) >= 11 is 0. The van der Waals surface area contributed by atoms with Crippen molar-refractivity contribution in [2.24, 2.45) is 5.41 Å². The summed E-state index contributed by atoms with van der Waals surface area (Å²) in [4.78, 5) is 12.6. The predicted molar refractivity (Wildman–Crippen MR) is 81.2 cm³/mol. The summed E-state index contributed by atoms with van der Waals surface area (Å²) in [6.07, 6.45) is 2.87. The SMILES string of the molecule is CCCC1(C(=O)Nc2ccc(OC)c(C)c2)CCNC1. The molecule has 0 saturated carbocycles. The molecule has 1 amide bonds. The van der Waals surface area contributed by atoms with Gasteiger partial charge in [0.05, 0.1) is 12.5 Å². The minimum atomic E-state index is -0.247. The Balaban J connectivity index is 2.12. The number of amides is 1. The van der Waals surface area contributed by atoms with Crippen LogP contribution in [0.5, 0.6) is 5.75 Å². The molecule has 1 saturated heterocycles. The van der Waals surface area contributed by atoms with Crippen LogP contribution in [0.1, 0.15) is 31.7 Å². The van der Waals surface area contributed by atoms with Crippen molar-refractivity contribution in [3.63, 3.8) is 0 Å². The van der Waals surface area contributed by atoms with Crippen LogP contribution in [0.15, 0.2) is 18.2 Å². The Kier molecular flexibility index (Phi) is 4.65. The second-order valence-electron chi connectivity index (χ2n) is 5.60. The summed E-state index contributed by atoms with van der Waals surface area (Å²) in [5, 5.41) is 6.38. The van der Waals surface area contributed by atoms with Crippen molar-refractivity contribution < 1.29 is 9.53 Å². The molecule has 4 heteroatoms. The van der Waals surface area contributed by atoms with Crippen molar-refractivity contribution in [2.75, 3.05) is 25.5 Å². The van der Waals surface area contributed by atoms with E-state index in [0.717, 1.165) is 49.4 Å². The minimum absolute atomic E-state index is 0.133. The number of ether oxygens (including phenoxy) is 1. The van der Waals surface area contributed by atoms with Crippen molar-refractivity contribution in [2.45, 2.75) is 33.1 Å². The number of aryl methyl sites for hydroxylation is 1. The molecular formula is C16H24N2O2. The van der Waals surface area contributed by atoms with Gasteiger partial charge in [-0.05, 0) is 50.1 Å². The number of carbonyl (C=O) groups excluding carboxylic acids is 1. The van der Waals surface area contributed by atoms with E-state index < -0.39 is 0 Å². The van der Waals surface area contributed by atoms with Gasteiger partial charge < -0.3 is 15.4 Å². The van der Waals surface area contributed by atoms with Gasteiger partial charge in [0, 0.05) is 12.2 Å². The quantitative estimate of drug-likeness (QED) is 0.869. The number of carbonyl (C=O) groups is 1. The lowest BCUT2D eigenvalue weighted by atomic mass is 9.81. The smallest absolute Gasteiger partial charge is 0.231 e. The standard InChI is InChI=1S/C16H24N2O2/c1-4-7-16(8-9-17-11-16)15(19)18-13-5-6-14(20-3)12(2)10-13/h5-6,10,17H,4,7-9,11H2,1-3H3,(H,18,19). The second-order valence-corrected chi connectivity index (χ2v) is 5.60. The second kappa shape index (κ2) is 6.27. The molecule has 110 valence electrons. The molecule has 1 aliphatic rings. The van der Waals surface area contributed by atoms with Crippen LogP contribution in [0, 0.1) is 12.3 Å². The zero-order valence-corrected chi connectivity index (χ0v) is 12.6. The van der Waals surface area contributed by atoms with Crippen LogP contribution in [0.2, 0.25) is 0 Å². The molecule has 1 fully saturated rings. The first-order valence-corrected chi connectivity index (χ1v) is 7.28. The Morgan fingerprint density at radius 2 is 2.30 bits per heavy atom. The zero-order valence-electron chi connectivity index (χ0n) is 12.6. The summed E-state index contributed by atoms with van der Waals surface area (Å²) in [5.74, 6) is 0.975. The molecule has 1 aromatic rings. The lowest BCUT2D eigenvalue weighted by Gasteiger charge is -2.26. The van der Waals surface area contributed by atoms with Crippen molar-refractivity contribution in [1.29, 1.82) is 0 Å². The Bertz CT molecular complexity index is 479. The number of hydrogen-bond donors (Lipinski definition) is 2. The molecule has 1 aromatic carbocycles. The molecule has 0 bridgehead atoms. The number of rotatable bonds is 5. The highest BCUT2D eigenvalue weighted by molar-refractivity contribution is 5.96. The lowest BCUT2D eigenvalue weighted by Crippen LogP contribution is -2.38. The molecule has 0 aliphatic carbocycles. The summed E-state index contributed by atoms with van der Waals surface area (Å²) in [7, 11) is 1.65. The molecular weight excluding hydrogens is 252 g/mol. The molecule has 0 aromatic heterocycles. The first kappa shape index (κ1) is 14.9. The van der Waals surface area contributed by atoms with Crippen LogP contribution in [-0.2, 0) is 4.79 Å². The minimum Gasteiger partial charge on any atom is -0.496 e. The molecule has 1 aliphatic heterocycles. The fourth-order valence-electron chi connectivity index (χ4n) is 2.96. The summed E-state index contributed by atoms with van der Waals surface area (Å²) < 4.78 is 5.24. The van der Waals surface area contributed by atoms with E-state index in [1.54, 1.807) is 7.11 Å². The van der Waals surface area contributed by atoms with Crippen LogP contribution >= 0.6 is 0 Å². The number of hydrogen-bond acceptors (Lipinski definition) is 3. The third kappa shape index (κ3) is 2.96. The molecule has 2 rings (SSSR count). The van der Waals surface area contributed by atoms with E-state index >= 15 is 0 Å². The molecule has 0 radical (unpaired) electrons. The van der Waals surface area contributed by atoms with Gasteiger partial charge in [-0.2, -0.15) is 0 Å². The number of anilines is 1. The maximum atomic E-state index is 12.6. The highest BCUT2D eigenvalue weighted by Gasteiger charge is 2.40. The Hall–Kier alpha value is -1.55. The normalized spacial score (nSPS) is 21.8. The maximum absolute atomic E-state index is 12.6. The van der Waals surface area contributed by atoms with Gasteiger partial charge in [-0.25, -0.2) is 0 Å². The molecule has 4 nitrogen and oxygen atoms in total. The predicted octanol–water partition coefficient (Wildman–Crippen LogP) is 2.72. The van der Waals surface area contributed by atoms with E-state index in [4.69, 9.17) is 4.74 Å². The van der Waals surface area contributed by atoms with E-state index in [1.165, 1.54) is 0 Å². The Labute approximate surface area is 120 Å².